The van der Waals surface area contributed by atoms with Crippen molar-refractivity contribution in [2.24, 2.45) is 0 Å². The molecule has 0 aliphatic rings. The molecule has 1 aromatic carbocycles. The Kier molecular flexibility index (Phi) is 4.87. The van der Waals surface area contributed by atoms with E-state index in [0.29, 0.717) is 6.42 Å². The minimum Gasteiger partial charge on any atom is -0.480 e. The lowest BCUT2D eigenvalue weighted by atomic mass is 9.95. The van der Waals surface area contributed by atoms with Crippen LogP contribution >= 0.6 is 0 Å². The van der Waals surface area contributed by atoms with E-state index in [9.17, 15) is 9.90 Å². The molecule has 0 aliphatic carbocycles. The van der Waals surface area contributed by atoms with E-state index in [1.165, 1.54) is 0 Å². The van der Waals surface area contributed by atoms with Crippen LogP contribution in [0.2, 0.25) is 0 Å². The Balaban J connectivity index is 2.80. The molecule has 2 atom stereocenters. The zero-order chi connectivity index (χ0) is 13.8. The third-order valence-electron chi connectivity index (χ3n) is 3.16. The van der Waals surface area contributed by atoms with Crippen LogP contribution in [-0.4, -0.2) is 40.7 Å². The molecule has 4 nitrogen and oxygen atoms in total. The summed E-state index contributed by atoms with van der Waals surface area (Å²) in [5.74, 6) is -0.858. The van der Waals surface area contributed by atoms with E-state index in [0.717, 1.165) is 5.56 Å². The van der Waals surface area contributed by atoms with E-state index in [1.807, 2.05) is 37.3 Å². The Bertz CT molecular complexity index is 389. The van der Waals surface area contributed by atoms with Crippen molar-refractivity contribution >= 4 is 5.97 Å². The Hall–Kier alpha value is -1.39. The number of rotatable bonds is 6. The van der Waals surface area contributed by atoms with Crippen LogP contribution in [0.1, 0.15) is 25.8 Å². The fraction of sp³-hybridized carbons (Fsp3) is 0.500. The largest absolute Gasteiger partial charge is 0.480 e. The van der Waals surface area contributed by atoms with Crippen LogP contribution in [0.15, 0.2) is 30.3 Å². The van der Waals surface area contributed by atoms with Gasteiger partial charge in [0.1, 0.15) is 6.04 Å². The number of carboxylic acid groups (broad SMARTS) is 1. The minimum atomic E-state index is -1.06. The fourth-order valence-electron chi connectivity index (χ4n) is 2.16. The van der Waals surface area contributed by atoms with E-state index < -0.39 is 17.6 Å². The van der Waals surface area contributed by atoms with Crippen molar-refractivity contribution in [3.8, 4) is 0 Å². The summed E-state index contributed by atoms with van der Waals surface area (Å²) in [6.07, 6.45) is 0.511. The first-order valence-electron chi connectivity index (χ1n) is 6.09. The van der Waals surface area contributed by atoms with Crippen LogP contribution in [0.25, 0.3) is 0 Å². The van der Waals surface area contributed by atoms with E-state index in [2.05, 4.69) is 0 Å². The summed E-state index contributed by atoms with van der Waals surface area (Å²) in [6.45, 7) is 3.81. The van der Waals surface area contributed by atoms with Crippen molar-refractivity contribution in [2.45, 2.75) is 31.9 Å². The molecule has 2 unspecified atom stereocenters. The highest BCUT2D eigenvalue weighted by Gasteiger charge is 2.29. The van der Waals surface area contributed by atoms with Gasteiger partial charge in [-0.2, -0.15) is 0 Å². The maximum atomic E-state index is 11.1. The lowest BCUT2D eigenvalue weighted by molar-refractivity contribution is -0.144. The Labute approximate surface area is 108 Å². The van der Waals surface area contributed by atoms with Crippen LogP contribution in [-0.2, 0) is 10.4 Å². The molecule has 0 amide bonds. The SMILES string of the molecule is CCC(C(=O)O)N(C)CC(C)(O)c1ccccc1. The van der Waals surface area contributed by atoms with Crippen molar-refractivity contribution in [2.75, 3.05) is 13.6 Å². The van der Waals surface area contributed by atoms with E-state index in [1.54, 1.807) is 18.9 Å². The molecule has 2 N–H and O–H groups in total. The van der Waals surface area contributed by atoms with E-state index in [-0.39, 0.29) is 6.54 Å². The van der Waals surface area contributed by atoms with Gasteiger partial charge in [0.15, 0.2) is 0 Å². The molecular weight excluding hydrogens is 230 g/mol. The Morgan fingerprint density at radius 2 is 1.94 bits per heavy atom. The second-order valence-electron chi connectivity index (χ2n) is 4.82. The van der Waals surface area contributed by atoms with Crippen LogP contribution in [0.4, 0.5) is 0 Å². The number of aliphatic hydroxyl groups is 1. The van der Waals surface area contributed by atoms with Gasteiger partial charge < -0.3 is 10.2 Å². The standard InChI is InChI=1S/C14H21NO3/c1-4-12(13(16)17)15(3)10-14(2,18)11-8-6-5-7-9-11/h5-9,12,18H,4,10H2,1-3H3,(H,16,17). The van der Waals surface area contributed by atoms with Crippen LogP contribution in [0.5, 0.6) is 0 Å². The summed E-state index contributed by atoms with van der Waals surface area (Å²) in [4.78, 5) is 12.7. The van der Waals surface area contributed by atoms with Gasteiger partial charge in [-0.3, -0.25) is 9.69 Å². The number of carbonyl (C=O) groups is 1. The van der Waals surface area contributed by atoms with Crippen molar-refractivity contribution in [3.05, 3.63) is 35.9 Å². The predicted molar refractivity (Wildman–Crippen MR) is 70.4 cm³/mol. The van der Waals surface area contributed by atoms with Gasteiger partial charge in [-0.1, -0.05) is 37.3 Å². The number of hydrogen-bond donors (Lipinski definition) is 2. The highest BCUT2D eigenvalue weighted by Crippen LogP contribution is 2.22. The monoisotopic (exact) mass is 251 g/mol. The lowest BCUT2D eigenvalue weighted by Crippen LogP contribution is -2.45. The highest BCUT2D eigenvalue weighted by molar-refractivity contribution is 5.73. The number of hydrogen-bond acceptors (Lipinski definition) is 3. The summed E-state index contributed by atoms with van der Waals surface area (Å²) < 4.78 is 0. The maximum absolute atomic E-state index is 11.1. The zero-order valence-corrected chi connectivity index (χ0v) is 11.1. The third-order valence-corrected chi connectivity index (χ3v) is 3.16. The molecule has 0 heterocycles. The Morgan fingerprint density at radius 1 is 1.39 bits per heavy atom. The number of benzene rings is 1. The van der Waals surface area contributed by atoms with Gasteiger partial charge >= 0.3 is 5.97 Å². The normalized spacial score (nSPS) is 16.3. The van der Waals surface area contributed by atoms with Crippen LogP contribution < -0.4 is 0 Å². The summed E-state index contributed by atoms with van der Waals surface area (Å²) in [5.41, 5.74) is -0.268. The van der Waals surface area contributed by atoms with Crippen molar-refractivity contribution < 1.29 is 15.0 Å². The second kappa shape index (κ2) is 5.98. The van der Waals surface area contributed by atoms with Gasteiger partial charge in [0.25, 0.3) is 0 Å². The molecule has 0 aliphatic heterocycles. The maximum Gasteiger partial charge on any atom is 0.320 e. The molecule has 0 radical (unpaired) electrons. The molecule has 0 saturated carbocycles. The molecule has 18 heavy (non-hydrogen) atoms. The van der Waals surface area contributed by atoms with Gasteiger partial charge in [0, 0.05) is 6.54 Å². The molecule has 1 rings (SSSR count). The molecule has 100 valence electrons. The van der Waals surface area contributed by atoms with Crippen LogP contribution in [0.3, 0.4) is 0 Å². The predicted octanol–water partition coefficient (Wildman–Crippen LogP) is 1.69. The zero-order valence-electron chi connectivity index (χ0n) is 11.1. The molecule has 0 bridgehead atoms. The molecule has 4 heteroatoms. The summed E-state index contributed by atoms with van der Waals surface area (Å²) in [5, 5.41) is 19.5. The smallest absolute Gasteiger partial charge is 0.320 e. The van der Waals surface area contributed by atoms with Crippen molar-refractivity contribution in [1.82, 2.24) is 4.90 Å². The lowest BCUT2D eigenvalue weighted by Gasteiger charge is -2.32. The average molecular weight is 251 g/mol. The van der Waals surface area contributed by atoms with Crippen molar-refractivity contribution in [1.29, 1.82) is 0 Å². The summed E-state index contributed by atoms with van der Waals surface area (Å²) >= 11 is 0. The topological polar surface area (TPSA) is 60.8 Å². The Morgan fingerprint density at radius 3 is 2.39 bits per heavy atom. The molecule has 0 saturated heterocycles. The van der Waals surface area contributed by atoms with Crippen molar-refractivity contribution in [3.63, 3.8) is 0 Å². The first kappa shape index (κ1) is 14.7. The average Bonchev–Trinajstić information content (AvgIpc) is 2.29. The molecular formula is C14H21NO3. The van der Waals surface area contributed by atoms with Gasteiger partial charge in [-0.25, -0.2) is 0 Å². The fourth-order valence-corrected chi connectivity index (χ4v) is 2.16. The van der Waals surface area contributed by atoms with E-state index >= 15 is 0 Å². The summed E-state index contributed by atoms with van der Waals surface area (Å²) in [6, 6.07) is 8.72. The van der Waals surface area contributed by atoms with Gasteiger partial charge in [-0.15, -0.1) is 0 Å². The molecule has 0 fully saturated rings. The summed E-state index contributed by atoms with van der Waals surface area (Å²) in [7, 11) is 1.72. The quantitative estimate of drug-likeness (QED) is 0.807. The number of likely N-dealkylation sites (N-methyl/N-ethyl adjacent to an activating group) is 1. The van der Waals surface area contributed by atoms with E-state index in [4.69, 9.17) is 5.11 Å². The minimum absolute atomic E-state index is 0.280. The van der Waals surface area contributed by atoms with Gasteiger partial charge in [-0.05, 0) is 26.0 Å². The van der Waals surface area contributed by atoms with Gasteiger partial charge in [0.05, 0.1) is 5.60 Å². The first-order chi connectivity index (χ1) is 8.38. The van der Waals surface area contributed by atoms with Gasteiger partial charge in [0.2, 0.25) is 0 Å². The second-order valence-corrected chi connectivity index (χ2v) is 4.82. The van der Waals surface area contributed by atoms with Crippen LogP contribution in [0, 0.1) is 0 Å². The number of carboxylic acids is 1. The number of nitrogens with zero attached hydrogens (tertiary/aromatic N) is 1. The highest BCUT2D eigenvalue weighted by atomic mass is 16.4. The molecule has 0 spiro atoms. The first-order valence-corrected chi connectivity index (χ1v) is 6.09. The third kappa shape index (κ3) is 3.55. The molecule has 0 aromatic heterocycles. The number of aliphatic carboxylic acids is 1. The molecule has 1 aromatic rings.